The quantitative estimate of drug-likeness (QED) is 0.259. The lowest BCUT2D eigenvalue weighted by molar-refractivity contribution is -0.141. The predicted octanol–water partition coefficient (Wildman–Crippen LogP) is 4.40. The maximum Gasteiger partial charge on any atom is 0.243 e. The molecular weight excluding hydrogens is 534 g/mol. The second kappa shape index (κ2) is 14.4. The smallest absolute Gasteiger partial charge is 0.243 e. The molecule has 0 aliphatic heterocycles. The van der Waals surface area contributed by atoms with Crippen LogP contribution in [0.1, 0.15) is 22.3 Å². The Hall–Kier alpha value is -4.27. The molecule has 0 aromatic heterocycles. The number of carbonyl (C=O) groups excluding carboxylic acids is 2. The number of carbonyl (C=O) groups is 2. The third kappa shape index (κ3) is 9.13. The van der Waals surface area contributed by atoms with Crippen LogP contribution < -0.4 is 5.32 Å². The van der Waals surface area contributed by atoms with Gasteiger partial charge in [-0.3, -0.25) is 9.59 Å². The normalized spacial score (nSPS) is 12.0. The van der Waals surface area contributed by atoms with Crippen molar-refractivity contribution in [2.45, 2.75) is 32.1 Å². The van der Waals surface area contributed by atoms with Gasteiger partial charge in [0.1, 0.15) is 6.04 Å². The van der Waals surface area contributed by atoms with Crippen molar-refractivity contribution in [3.8, 4) is 0 Å². The van der Waals surface area contributed by atoms with Gasteiger partial charge in [-0.05, 0) is 22.3 Å². The molecular formula is C33H35N3O4S. The molecule has 0 unspecified atom stereocenters. The molecule has 0 spiro atoms. The van der Waals surface area contributed by atoms with Crippen LogP contribution in [0.15, 0.2) is 121 Å². The first-order valence-electron chi connectivity index (χ1n) is 13.5. The largest absolute Gasteiger partial charge is 0.350 e. The third-order valence-corrected chi connectivity index (χ3v) is 7.96. The van der Waals surface area contributed by atoms with Crippen molar-refractivity contribution in [3.63, 3.8) is 0 Å². The molecule has 0 radical (unpaired) electrons. The van der Waals surface area contributed by atoms with Crippen molar-refractivity contribution in [2.24, 2.45) is 0 Å². The number of nitrogens with one attached hydrogen (secondary N) is 1. The lowest BCUT2D eigenvalue weighted by Crippen LogP contribution is -2.53. The SMILES string of the molecule is CS(=O)(=O)N(CC(=O)N(Cc1ccccc1)[C@@H](Cc1ccccc1)C(=O)NCc1ccccc1)Cc1ccccc1. The van der Waals surface area contributed by atoms with E-state index in [4.69, 9.17) is 0 Å². The Morgan fingerprint density at radius 2 is 1.10 bits per heavy atom. The highest BCUT2D eigenvalue weighted by Crippen LogP contribution is 2.17. The molecule has 7 nitrogen and oxygen atoms in total. The number of nitrogens with zero attached hydrogens (tertiary/aromatic N) is 2. The van der Waals surface area contributed by atoms with E-state index in [2.05, 4.69) is 5.32 Å². The Labute approximate surface area is 242 Å². The molecule has 1 atom stereocenters. The molecule has 1 N–H and O–H groups in total. The van der Waals surface area contributed by atoms with Crippen LogP contribution in [-0.4, -0.2) is 48.3 Å². The minimum absolute atomic E-state index is 0.0497. The zero-order valence-electron chi connectivity index (χ0n) is 23.1. The van der Waals surface area contributed by atoms with Crippen molar-refractivity contribution < 1.29 is 18.0 Å². The summed E-state index contributed by atoms with van der Waals surface area (Å²) >= 11 is 0. The van der Waals surface area contributed by atoms with E-state index in [9.17, 15) is 18.0 Å². The van der Waals surface area contributed by atoms with Gasteiger partial charge >= 0.3 is 0 Å². The molecule has 0 fully saturated rings. The molecule has 41 heavy (non-hydrogen) atoms. The first-order valence-corrected chi connectivity index (χ1v) is 15.3. The fourth-order valence-electron chi connectivity index (χ4n) is 4.56. The molecule has 0 aliphatic carbocycles. The van der Waals surface area contributed by atoms with Crippen molar-refractivity contribution >= 4 is 21.8 Å². The van der Waals surface area contributed by atoms with Gasteiger partial charge in [-0.1, -0.05) is 121 Å². The zero-order chi connectivity index (χ0) is 29.1. The lowest BCUT2D eigenvalue weighted by Gasteiger charge is -2.33. The maximum absolute atomic E-state index is 14.0. The minimum atomic E-state index is -3.73. The van der Waals surface area contributed by atoms with Gasteiger partial charge in [0.25, 0.3) is 0 Å². The molecule has 8 heteroatoms. The van der Waals surface area contributed by atoms with E-state index in [1.807, 2.05) is 121 Å². The van der Waals surface area contributed by atoms with Crippen molar-refractivity contribution in [3.05, 3.63) is 144 Å². The van der Waals surface area contributed by atoms with Gasteiger partial charge in [-0.15, -0.1) is 0 Å². The van der Waals surface area contributed by atoms with Crippen molar-refractivity contribution in [1.82, 2.24) is 14.5 Å². The van der Waals surface area contributed by atoms with Crippen LogP contribution in [0.5, 0.6) is 0 Å². The summed E-state index contributed by atoms with van der Waals surface area (Å²) in [5, 5.41) is 3.00. The highest BCUT2D eigenvalue weighted by molar-refractivity contribution is 7.88. The van der Waals surface area contributed by atoms with E-state index in [0.717, 1.165) is 32.8 Å². The summed E-state index contributed by atoms with van der Waals surface area (Å²) in [6.45, 7) is 0.118. The van der Waals surface area contributed by atoms with Crippen LogP contribution in [-0.2, 0) is 45.7 Å². The highest BCUT2D eigenvalue weighted by atomic mass is 32.2. The standard InChI is InChI=1S/C33H35N3O4S/c1-41(39,40)35(24-29-18-10-4-11-19-29)26-32(37)36(25-30-20-12-5-13-21-30)31(22-27-14-6-2-7-15-27)33(38)34-23-28-16-8-3-9-17-28/h2-21,31H,22-26H2,1H3,(H,34,38)/t31-/m0/s1. The Kier molecular flexibility index (Phi) is 10.4. The summed E-state index contributed by atoms with van der Waals surface area (Å²) in [6.07, 6.45) is 1.37. The zero-order valence-corrected chi connectivity index (χ0v) is 23.9. The van der Waals surface area contributed by atoms with E-state index in [1.165, 1.54) is 4.90 Å². The van der Waals surface area contributed by atoms with Crippen molar-refractivity contribution in [1.29, 1.82) is 0 Å². The molecule has 0 heterocycles. The summed E-state index contributed by atoms with van der Waals surface area (Å²) in [5.41, 5.74) is 3.43. The molecule has 4 aromatic rings. The topological polar surface area (TPSA) is 86.8 Å². The highest BCUT2D eigenvalue weighted by Gasteiger charge is 2.32. The maximum atomic E-state index is 14.0. The van der Waals surface area contributed by atoms with E-state index in [1.54, 1.807) is 0 Å². The summed E-state index contributed by atoms with van der Waals surface area (Å²) in [4.78, 5) is 29.3. The van der Waals surface area contributed by atoms with Gasteiger partial charge in [0.15, 0.2) is 0 Å². The van der Waals surface area contributed by atoms with E-state index in [0.29, 0.717) is 6.54 Å². The Morgan fingerprint density at radius 1 is 0.659 bits per heavy atom. The summed E-state index contributed by atoms with van der Waals surface area (Å²) in [7, 11) is -3.73. The first kappa shape index (κ1) is 29.7. The van der Waals surface area contributed by atoms with Gasteiger partial charge in [0.2, 0.25) is 21.8 Å². The fourth-order valence-corrected chi connectivity index (χ4v) is 5.28. The van der Waals surface area contributed by atoms with Gasteiger partial charge < -0.3 is 10.2 Å². The molecule has 0 saturated carbocycles. The Bertz CT molecular complexity index is 1500. The number of hydrogen-bond donors (Lipinski definition) is 1. The second-order valence-electron chi connectivity index (χ2n) is 9.93. The molecule has 0 saturated heterocycles. The first-order chi connectivity index (χ1) is 19.8. The summed E-state index contributed by atoms with van der Waals surface area (Å²) < 4.78 is 26.7. The van der Waals surface area contributed by atoms with E-state index >= 15 is 0 Å². The van der Waals surface area contributed by atoms with Crippen LogP contribution in [0, 0.1) is 0 Å². The van der Waals surface area contributed by atoms with E-state index < -0.39 is 28.5 Å². The second-order valence-corrected chi connectivity index (χ2v) is 11.9. The molecule has 4 aromatic carbocycles. The predicted molar refractivity (Wildman–Crippen MR) is 161 cm³/mol. The van der Waals surface area contributed by atoms with E-state index in [-0.39, 0.29) is 25.4 Å². The Balaban J connectivity index is 1.66. The van der Waals surface area contributed by atoms with Crippen molar-refractivity contribution in [2.75, 3.05) is 12.8 Å². The molecule has 2 amide bonds. The van der Waals surface area contributed by atoms with Crippen LogP contribution in [0.25, 0.3) is 0 Å². The third-order valence-electron chi connectivity index (χ3n) is 6.76. The van der Waals surface area contributed by atoms with Gasteiger partial charge in [-0.2, -0.15) is 4.31 Å². The van der Waals surface area contributed by atoms with Gasteiger partial charge in [-0.25, -0.2) is 8.42 Å². The lowest BCUT2D eigenvalue weighted by atomic mass is 10.0. The average Bonchev–Trinajstić information content (AvgIpc) is 2.99. The minimum Gasteiger partial charge on any atom is -0.350 e. The van der Waals surface area contributed by atoms with Crippen LogP contribution >= 0.6 is 0 Å². The van der Waals surface area contributed by atoms with Gasteiger partial charge in [0, 0.05) is 26.1 Å². The fraction of sp³-hybridized carbons (Fsp3) is 0.212. The van der Waals surface area contributed by atoms with Gasteiger partial charge in [0.05, 0.1) is 12.8 Å². The average molecular weight is 570 g/mol. The van der Waals surface area contributed by atoms with Crippen LogP contribution in [0.3, 0.4) is 0 Å². The summed E-state index contributed by atoms with van der Waals surface area (Å²) in [6, 6.07) is 36.8. The number of rotatable bonds is 13. The van der Waals surface area contributed by atoms with Crippen LogP contribution in [0.4, 0.5) is 0 Å². The number of sulfonamides is 1. The Morgan fingerprint density at radius 3 is 1.59 bits per heavy atom. The number of benzene rings is 4. The molecule has 0 aliphatic rings. The monoisotopic (exact) mass is 569 g/mol. The number of hydrogen-bond acceptors (Lipinski definition) is 4. The molecule has 0 bridgehead atoms. The number of amides is 2. The molecule has 212 valence electrons. The molecule has 4 rings (SSSR count). The summed E-state index contributed by atoms with van der Waals surface area (Å²) in [5.74, 6) is -0.762. The van der Waals surface area contributed by atoms with Crippen LogP contribution in [0.2, 0.25) is 0 Å².